The van der Waals surface area contributed by atoms with Crippen LogP contribution in [-0.4, -0.2) is 24.0 Å². The first-order valence-electron chi connectivity index (χ1n) is 6.83. The van der Waals surface area contributed by atoms with Crippen LogP contribution >= 0.6 is 0 Å². The summed E-state index contributed by atoms with van der Waals surface area (Å²) in [6.07, 6.45) is 4.42. The molecule has 0 unspecified atom stereocenters. The van der Waals surface area contributed by atoms with Crippen LogP contribution in [0.3, 0.4) is 0 Å². The van der Waals surface area contributed by atoms with Gasteiger partial charge in [0.05, 0.1) is 11.1 Å². The Hall–Kier alpha value is -1.81. The predicted molar refractivity (Wildman–Crippen MR) is 74.1 cm³/mol. The Kier molecular flexibility index (Phi) is 2.10. The number of aromatic amines is 1. The first-order valence-corrected chi connectivity index (χ1v) is 6.83. The van der Waals surface area contributed by atoms with E-state index in [2.05, 4.69) is 22.4 Å². The third-order valence-corrected chi connectivity index (χ3v) is 4.88. The van der Waals surface area contributed by atoms with Crippen LogP contribution < -0.4 is 11.1 Å². The second-order valence-corrected chi connectivity index (χ2v) is 5.80. The molecule has 0 spiro atoms. The average Bonchev–Trinajstić information content (AvgIpc) is 2.94. The molecule has 2 aliphatic rings. The normalized spacial score (nSPS) is 21.3. The monoisotopic (exact) mass is 255 g/mol. The number of aromatic nitrogens is 1. The van der Waals surface area contributed by atoms with E-state index in [1.165, 1.54) is 23.8 Å². The number of benzene rings is 1. The summed E-state index contributed by atoms with van der Waals surface area (Å²) >= 11 is 0. The first-order chi connectivity index (χ1) is 9.22. The minimum absolute atomic E-state index is 0.335. The van der Waals surface area contributed by atoms with Gasteiger partial charge in [-0.05, 0) is 36.5 Å². The molecule has 98 valence electrons. The van der Waals surface area contributed by atoms with Crippen LogP contribution in [-0.2, 0) is 5.41 Å². The summed E-state index contributed by atoms with van der Waals surface area (Å²) < 4.78 is 0. The van der Waals surface area contributed by atoms with Crippen LogP contribution in [0.4, 0.5) is 0 Å². The van der Waals surface area contributed by atoms with E-state index in [0.717, 1.165) is 24.5 Å². The van der Waals surface area contributed by atoms with Gasteiger partial charge >= 0.3 is 0 Å². The molecule has 19 heavy (non-hydrogen) atoms. The number of carbonyl (C=O) groups excluding carboxylic acids is 1. The second kappa shape index (κ2) is 3.61. The van der Waals surface area contributed by atoms with Gasteiger partial charge in [-0.2, -0.15) is 0 Å². The lowest BCUT2D eigenvalue weighted by Crippen LogP contribution is -2.48. The molecule has 2 aromatic rings. The molecule has 4 nitrogen and oxygen atoms in total. The quantitative estimate of drug-likeness (QED) is 0.778. The fourth-order valence-corrected chi connectivity index (χ4v) is 3.51. The number of carbonyl (C=O) groups is 1. The average molecular weight is 255 g/mol. The zero-order chi connectivity index (χ0) is 13.0. The summed E-state index contributed by atoms with van der Waals surface area (Å²) in [6.45, 7) is 2.23. The van der Waals surface area contributed by atoms with E-state index in [1.807, 2.05) is 12.3 Å². The van der Waals surface area contributed by atoms with E-state index >= 15 is 0 Å². The highest BCUT2D eigenvalue weighted by molar-refractivity contribution is 6.06. The number of H-pyrrole nitrogens is 1. The van der Waals surface area contributed by atoms with Gasteiger partial charge < -0.3 is 16.0 Å². The van der Waals surface area contributed by atoms with Crippen molar-refractivity contribution in [3.05, 3.63) is 35.5 Å². The topological polar surface area (TPSA) is 70.9 Å². The highest BCUT2D eigenvalue weighted by Gasteiger charge is 2.53. The molecule has 0 bridgehead atoms. The molecule has 1 aliphatic heterocycles. The SMILES string of the molecule is NC(=O)c1ccc(C2(C3CNC3)CC2)c2cc[nH]c12. The van der Waals surface area contributed by atoms with Crippen molar-refractivity contribution < 1.29 is 4.79 Å². The van der Waals surface area contributed by atoms with Crippen molar-refractivity contribution in [3.8, 4) is 0 Å². The molecule has 1 aromatic heterocycles. The fourth-order valence-electron chi connectivity index (χ4n) is 3.51. The highest BCUT2D eigenvalue weighted by atomic mass is 16.1. The number of hydrogen-bond donors (Lipinski definition) is 3. The van der Waals surface area contributed by atoms with E-state index < -0.39 is 0 Å². The summed E-state index contributed by atoms with van der Waals surface area (Å²) in [4.78, 5) is 14.7. The summed E-state index contributed by atoms with van der Waals surface area (Å²) in [5.41, 5.74) is 8.65. The molecule has 2 heterocycles. The van der Waals surface area contributed by atoms with Gasteiger partial charge in [0.2, 0.25) is 0 Å². The molecule has 4 N–H and O–H groups in total. The van der Waals surface area contributed by atoms with Gasteiger partial charge in [0.1, 0.15) is 0 Å². The van der Waals surface area contributed by atoms with Crippen LogP contribution in [0.2, 0.25) is 0 Å². The van der Waals surface area contributed by atoms with E-state index in [-0.39, 0.29) is 5.91 Å². The maximum Gasteiger partial charge on any atom is 0.250 e. The van der Waals surface area contributed by atoms with Gasteiger partial charge in [0, 0.05) is 30.1 Å². The van der Waals surface area contributed by atoms with Gasteiger partial charge in [-0.3, -0.25) is 4.79 Å². The summed E-state index contributed by atoms with van der Waals surface area (Å²) in [6, 6.07) is 6.06. The van der Waals surface area contributed by atoms with Crippen LogP contribution in [0.5, 0.6) is 0 Å². The minimum Gasteiger partial charge on any atom is -0.366 e. The number of rotatable bonds is 3. The Bertz CT molecular complexity index is 665. The van der Waals surface area contributed by atoms with Crippen molar-refractivity contribution in [3.63, 3.8) is 0 Å². The molecular formula is C15H17N3O. The van der Waals surface area contributed by atoms with Crippen molar-refractivity contribution >= 4 is 16.8 Å². The molecule has 1 saturated heterocycles. The molecule has 1 aromatic carbocycles. The van der Waals surface area contributed by atoms with Crippen LogP contribution in [0.1, 0.15) is 28.8 Å². The zero-order valence-corrected chi connectivity index (χ0v) is 10.7. The molecule has 0 radical (unpaired) electrons. The lowest BCUT2D eigenvalue weighted by atomic mass is 9.77. The summed E-state index contributed by atoms with van der Waals surface area (Å²) in [7, 11) is 0. The second-order valence-electron chi connectivity index (χ2n) is 5.80. The van der Waals surface area contributed by atoms with Gasteiger partial charge in [0.25, 0.3) is 5.91 Å². The minimum atomic E-state index is -0.367. The molecule has 1 saturated carbocycles. The number of fused-ring (bicyclic) bond motifs is 1. The van der Waals surface area contributed by atoms with E-state index in [0.29, 0.717) is 11.0 Å². The maximum absolute atomic E-state index is 11.5. The largest absolute Gasteiger partial charge is 0.366 e. The number of hydrogen-bond acceptors (Lipinski definition) is 2. The Labute approximate surface area is 111 Å². The molecule has 1 amide bonds. The van der Waals surface area contributed by atoms with Crippen molar-refractivity contribution in [1.29, 1.82) is 0 Å². The molecule has 4 rings (SSSR count). The number of nitrogens with two attached hydrogens (primary N) is 1. The number of nitrogens with one attached hydrogen (secondary N) is 2. The lowest BCUT2D eigenvalue weighted by Gasteiger charge is -2.36. The van der Waals surface area contributed by atoms with Crippen LogP contribution in [0.15, 0.2) is 24.4 Å². The molecule has 4 heteroatoms. The molecule has 2 fully saturated rings. The lowest BCUT2D eigenvalue weighted by molar-refractivity contribution is 0.100. The third-order valence-electron chi connectivity index (χ3n) is 4.88. The Balaban J connectivity index is 1.90. The van der Waals surface area contributed by atoms with Crippen molar-refractivity contribution in [2.75, 3.05) is 13.1 Å². The van der Waals surface area contributed by atoms with E-state index in [4.69, 9.17) is 5.73 Å². The fraction of sp³-hybridized carbons (Fsp3) is 0.400. The van der Waals surface area contributed by atoms with Gasteiger partial charge in [-0.25, -0.2) is 0 Å². The van der Waals surface area contributed by atoms with Crippen LogP contribution in [0, 0.1) is 5.92 Å². The zero-order valence-electron chi connectivity index (χ0n) is 10.7. The maximum atomic E-state index is 11.5. The van der Waals surface area contributed by atoms with Gasteiger partial charge in [0.15, 0.2) is 0 Å². The Morgan fingerprint density at radius 3 is 2.63 bits per heavy atom. The predicted octanol–water partition coefficient (Wildman–Crippen LogP) is 1.52. The van der Waals surface area contributed by atoms with Gasteiger partial charge in [-0.15, -0.1) is 0 Å². The van der Waals surface area contributed by atoms with E-state index in [1.54, 1.807) is 0 Å². The standard InChI is InChI=1S/C15H17N3O/c16-14(19)11-1-2-12(10-3-6-18-13(10)11)15(4-5-15)9-7-17-8-9/h1-3,6,9,17-18H,4-5,7-8H2,(H2,16,19). The van der Waals surface area contributed by atoms with Gasteiger partial charge in [-0.1, -0.05) is 6.07 Å². The van der Waals surface area contributed by atoms with Crippen molar-refractivity contribution in [2.45, 2.75) is 18.3 Å². The smallest absolute Gasteiger partial charge is 0.250 e. The highest BCUT2D eigenvalue weighted by Crippen LogP contribution is 2.56. The summed E-state index contributed by atoms with van der Waals surface area (Å²) in [5, 5.41) is 4.53. The van der Waals surface area contributed by atoms with E-state index in [9.17, 15) is 4.79 Å². The Morgan fingerprint density at radius 1 is 1.26 bits per heavy atom. The first kappa shape index (κ1) is 11.1. The summed E-state index contributed by atoms with van der Waals surface area (Å²) in [5.74, 6) is 0.374. The van der Waals surface area contributed by atoms with Crippen LogP contribution in [0.25, 0.3) is 10.9 Å². The van der Waals surface area contributed by atoms with Crippen molar-refractivity contribution in [2.24, 2.45) is 11.7 Å². The Morgan fingerprint density at radius 2 is 2.05 bits per heavy atom. The molecular weight excluding hydrogens is 238 g/mol. The number of amides is 1. The number of primary amides is 1. The molecule has 0 atom stereocenters. The molecule has 1 aliphatic carbocycles. The van der Waals surface area contributed by atoms with Crippen molar-refractivity contribution in [1.82, 2.24) is 10.3 Å². The third kappa shape index (κ3) is 1.40.